The SMILES string of the molecule is COc1ccc(S(=O)(=O)NC(Cc2ccccc2)C(=O)Nc2ccccc2Cl)cc1C. The van der Waals surface area contributed by atoms with Crippen LogP contribution in [0, 0.1) is 6.92 Å². The van der Waals surface area contributed by atoms with E-state index >= 15 is 0 Å². The minimum absolute atomic E-state index is 0.0504. The van der Waals surface area contributed by atoms with Crippen molar-refractivity contribution in [2.24, 2.45) is 0 Å². The van der Waals surface area contributed by atoms with E-state index in [1.165, 1.54) is 19.2 Å². The Labute approximate surface area is 187 Å². The van der Waals surface area contributed by atoms with Gasteiger partial charge in [-0.05, 0) is 54.8 Å². The molecule has 0 aliphatic carbocycles. The van der Waals surface area contributed by atoms with Gasteiger partial charge in [-0.3, -0.25) is 4.79 Å². The molecule has 0 saturated carbocycles. The highest BCUT2D eigenvalue weighted by Crippen LogP contribution is 2.23. The van der Waals surface area contributed by atoms with Crippen molar-refractivity contribution in [1.29, 1.82) is 0 Å². The summed E-state index contributed by atoms with van der Waals surface area (Å²) in [4.78, 5) is 13.1. The molecular formula is C23H23ClN2O4S. The lowest BCUT2D eigenvalue weighted by Gasteiger charge is -2.19. The van der Waals surface area contributed by atoms with Crippen molar-refractivity contribution in [1.82, 2.24) is 4.72 Å². The molecule has 1 atom stereocenters. The van der Waals surface area contributed by atoms with E-state index in [0.29, 0.717) is 22.0 Å². The Morgan fingerprint density at radius 3 is 2.35 bits per heavy atom. The summed E-state index contributed by atoms with van der Waals surface area (Å²) >= 11 is 6.14. The van der Waals surface area contributed by atoms with Crippen molar-refractivity contribution < 1.29 is 17.9 Å². The highest BCUT2D eigenvalue weighted by Gasteiger charge is 2.27. The lowest BCUT2D eigenvalue weighted by molar-refractivity contribution is -0.117. The molecule has 3 rings (SSSR count). The van der Waals surface area contributed by atoms with Crippen LogP contribution < -0.4 is 14.8 Å². The predicted molar refractivity (Wildman–Crippen MR) is 122 cm³/mol. The zero-order valence-electron chi connectivity index (χ0n) is 17.1. The molecule has 1 amide bonds. The van der Waals surface area contributed by atoms with Crippen LogP contribution in [0.5, 0.6) is 5.75 Å². The molecule has 8 heteroatoms. The first-order chi connectivity index (χ1) is 14.8. The molecule has 3 aromatic rings. The Kier molecular flexibility index (Phi) is 7.33. The topological polar surface area (TPSA) is 84.5 Å². The number of aryl methyl sites for hydroxylation is 1. The number of nitrogens with one attached hydrogen (secondary N) is 2. The number of ether oxygens (including phenoxy) is 1. The number of methoxy groups -OCH3 is 1. The summed E-state index contributed by atoms with van der Waals surface area (Å²) in [5.74, 6) is 0.0713. The number of para-hydroxylation sites is 1. The fourth-order valence-electron chi connectivity index (χ4n) is 3.09. The lowest BCUT2D eigenvalue weighted by Crippen LogP contribution is -2.45. The fraction of sp³-hybridized carbons (Fsp3) is 0.174. The van der Waals surface area contributed by atoms with E-state index in [4.69, 9.17) is 16.3 Å². The first-order valence-electron chi connectivity index (χ1n) is 9.56. The molecule has 0 aliphatic heterocycles. The number of amides is 1. The van der Waals surface area contributed by atoms with E-state index in [1.54, 1.807) is 37.3 Å². The molecule has 6 nitrogen and oxygen atoms in total. The molecule has 31 heavy (non-hydrogen) atoms. The summed E-state index contributed by atoms with van der Waals surface area (Å²) in [6.07, 6.45) is 0.172. The molecule has 3 aromatic carbocycles. The maximum atomic E-state index is 13.1. The van der Waals surface area contributed by atoms with Gasteiger partial charge in [0.2, 0.25) is 15.9 Å². The van der Waals surface area contributed by atoms with Gasteiger partial charge >= 0.3 is 0 Å². The maximum absolute atomic E-state index is 13.1. The number of hydrogen-bond donors (Lipinski definition) is 2. The Hall–Kier alpha value is -2.87. The third-order valence-corrected chi connectivity index (χ3v) is 6.50. The quantitative estimate of drug-likeness (QED) is 0.530. The Balaban J connectivity index is 1.89. The molecular weight excluding hydrogens is 436 g/mol. The van der Waals surface area contributed by atoms with Crippen molar-refractivity contribution in [2.45, 2.75) is 24.3 Å². The first kappa shape index (κ1) is 22.8. The van der Waals surface area contributed by atoms with Crippen molar-refractivity contribution in [3.05, 3.63) is 88.9 Å². The summed E-state index contributed by atoms with van der Waals surface area (Å²) in [6, 6.07) is 19.5. The van der Waals surface area contributed by atoms with Gasteiger partial charge in [-0.25, -0.2) is 8.42 Å². The number of rotatable bonds is 8. The minimum atomic E-state index is -3.97. The van der Waals surface area contributed by atoms with Gasteiger partial charge in [-0.15, -0.1) is 0 Å². The summed E-state index contributed by atoms with van der Waals surface area (Å²) in [6.45, 7) is 1.75. The molecule has 0 saturated heterocycles. The smallest absolute Gasteiger partial charge is 0.242 e. The highest BCUT2D eigenvalue weighted by molar-refractivity contribution is 7.89. The summed E-state index contributed by atoms with van der Waals surface area (Å²) in [5.41, 5.74) is 1.90. The average molecular weight is 459 g/mol. The molecule has 1 unspecified atom stereocenters. The van der Waals surface area contributed by atoms with E-state index < -0.39 is 22.0 Å². The third kappa shape index (κ3) is 5.85. The van der Waals surface area contributed by atoms with Crippen LogP contribution >= 0.6 is 11.6 Å². The molecule has 0 spiro atoms. The number of halogens is 1. The van der Waals surface area contributed by atoms with E-state index in [1.807, 2.05) is 30.3 Å². The van der Waals surface area contributed by atoms with Crippen molar-refractivity contribution in [3.8, 4) is 5.75 Å². The van der Waals surface area contributed by atoms with E-state index in [2.05, 4.69) is 10.0 Å². The van der Waals surface area contributed by atoms with Crippen molar-refractivity contribution >= 4 is 33.2 Å². The number of carbonyl (C=O) groups is 1. The number of carbonyl (C=O) groups excluding carboxylic acids is 1. The Morgan fingerprint density at radius 1 is 1.03 bits per heavy atom. The van der Waals surface area contributed by atoms with Crippen LogP contribution in [0.15, 0.2) is 77.7 Å². The Bertz CT molecular complexity index is 1170. The molecule has 0 radical (unpaired) electrons. The van der Waals surface area contributed by atoms with E-state index in [9.17, 15) is 13.2 Å². The summed E-state index contributed by atoms with van der Waals surface area (Å²) in [5, 5.41) is 3.08. The van der Waals surface area contributed by atoms with Gasteiger partial charge in [0.1, 0.15) is 11.8 Å². The lowest BCUT2D eigenvalue weighted by atomic mass is 10.1. The van der Waals surface area contributed by atoms with Crippen LogP contribution in [0.2, 0.25) is 5.02 Å². The molecule has 0 aromatic heterocycles. The van der Waals surface area contributed by atoms with Gasteiger partial charge in [-0.2, -0.15) is 4.72 Å². The van der Waals surface area contributed by atoms with Crippen LogP contribution in [0.1, 0.15) is 11.1 Å². The van der Waals surface area contributed by atoms with Gasteiger partial charge in [0.25, 0.3) is 0 Å². The van der Waals surface area contributed by atoms with Gasteiger partial charge in [0.15, 0.2) is 0 Å². The van der Waals surface area contributed by atoms with Crippen LogP contribution in [0.3, 0.4) is 0 Å². The van der Waals surface area contributed by atoms with Crippen LogP contribution in [-0.4, -0.2) is 27.5 Å². The van der Waals surface area contributed by atoms with Gasteiger partial charge in [0, 0.05) is 0 Å². The second-order valence-corrected chi connectivity index (χ2v) is 9.09. The number of benzene rings is 3. The second-order valence-electron chi connectivity index (χ2n) is 6.96. The third-order valence-electron chi connectivity index (χ3n) is 4.70. The number of anilines is 1. The zero-order chi connectivity index (χ0) is 22.4. The van der Waals surface area contributed by atoms with Gasteiger partial charge in [-0.1, -0.05) is 54.1 Å². The number of hydrogen-bond acceptors (Lipinski definition) is 4. The monoisotopic (exact) mass is 458 g/mol. The van der Waals surface area contributed by atoms with Crippen LogP contribution in [0.4, 0.5) is 5.69 Å². The first-order valence-corrected chi connectivity index (χ1v) is 11.4. The average Bonchev–Trinajstić information content (AvgIpc) is 2.75. The molecule has 0 fully saturated rings. The molecule has 0 aliphatic rings. The second kappa shape index (κ2) is 9.96. The highest BCUT2D eigenvalue weighted by atomic mass is 35.5. The fourth-order valence-corrected chi connectivity index (χ4v) is 4.56. The van der Waals surface area contributed by atoms with Crippen LogP contribution in [0.25, 0.3) is 0 Å². The molecule has 2 N–H and O–H groups in total. The largest absolute Gasteiger partial charge is 0.496 e. The van der Waals surface area contributed by atoms with Crippen molar-refractivity contribution in [3.63, 3.8) is 0 Å². The van der Waals surface area contributed by atoms with Gasteiger partial charge < -0.3 is 10.1 Å². The standard InChI is InChI=1S/C23H23ClN2O4S/c1-16-14-18(12-13-22(16)30-2)31(28,29)26-21(15-17-8-4-3-5-9-17)23(27)25-20-11-7-6-10-19(20)24/h3-14,21,26H,15H2,1-2H3,(H,25,27). The zero-order valence-corrected chi connectivity index (χ0v) is 18.7. The van der Waals surface area contributed by atoms with Gasteiger partial charge in [0.05, 0.1) is 22.7 Å². The van der Waals surface area contributed by atoms with Crippen molar-refractivity contribution in [2.75, 3.05) is 12.4 Å². The molecule has 0 bridgehead atoms. The molecule has 0 heterocycles. The molecule has 162 valence electrons. The normalized spacial score (nSPS) is 12.2. The van der Waals surface area contributed by atoms with E-state index in [-0.39, 0.29) is 11.3 Å². The maximum Gasteiger partial charge on any atom is 0.242 e. The number of sulfonamides is 1. The predicted octanol–water partition coefficient (Wildman–Crippen LogP) is 4.19. The summed E-state index contributed by atoms with van der Waals surface area (Å²) < 4.78 is 33.8. The summed E-state index contributed by atoms with van der Waals surface area (Å²) in [7, 11) is -2.46. The minimum Gasteiger partial charge on any atom is -0.496 e. The Morgan fingerprint density at radius 2 is 1.71 bits per heavy atom. The van der Waals surface area contributed by atoms with E-state index in [0.717, 1.165) is 5.56 Å². The van der Waals surface area contributed by atoms with Crippen LogP contribution in [-0.2, 0) is 21.2 Å².